The summed E-state index contributed by atoms with van der Waals surface area (Å²) in [6.07, 6.45) is -2.02. The first kappa shape index (κ1) is 16.3. The van der Waals surface area contributed by atoms with Gasteiger partial charge in [0.25, 0.3) is 0 Å². The Labute approximate surface area is 132 Å². The van der Waals surface area contributed by atoms with Crippen molar-refractivity contribution in [3.8, 4) is 0 Å². The Morgan fingerprint density at radius 2 is 2.09 bits per heavy atom. The minimum Gasteiger partial charge on any atom is -0.378 e. The van der Waals surface area contributed by atoms with Crippen molar-refractivity contribution in [2.24, 2.45) is 7.05 Å². The maximum atomic E-state index is 12.6. The minimum atomic E-state index is -4.35. The van der Waals surface area contributed by atoms with Crippen molar-refractivity contribution in [3.05, 3.63) is 24.0 Å². The van der Waals surface area contributed by atoms with E-state index < -0.39 is 24.7 Å². The van der Waals surface area contributed by atoms with Gasteiger partial charge in [-0.05, 0) is 18.6 Å². The van der Waals surface area contributed by atoms with E-state index in [1.54, 1.807) is 0 Å². The van der Waals surface area contributed by atoms with E-state index in [1.165, 1.54) is 0 Å². The molecule has 0 bridgehead atoms. The summed E-state index contributed by atoms with van der Waals surface area (Å²) in [6, 6.07) is 3.26. The quantitative estimate of drug-likeness (QED) is 0.844. The number of likely N-dealkylation sites (tertiary alicyclic amines) is 1. The molecule has 8 heteroatoms. The van der Waals surface area contributed by atoms with Gasteiger partial charge in [0.05, 0.1) is 25.3 Å². The number of amides is 1. The van der Waals surface area contributed by atoms with E-state index in [0.29, 0.717) is 26.2 Å². The zero-order valence-corrected chi connectivity index (χ0v) is 12.9. The minimum absolute atomic E-state index is 0.108. The van der Waals surface area contributed by atoms with E-state index in [4.69, 9.17) is 4.74 Å². The zero-order chi connectivity index (χ0) is 16.6. The van der Waals surface area contributed by atoms with Gasteiger partial charge in [0, 0.05) is 32.0 Å². The average Bonchev–Trinajstić information content (AvgIpc) is 3.05. The van der Waals surface area contributed by atoms with Crippen LogP contribution in [0, 0.1) is 0 Å². The van der Waals surface area contributed by atoms with Crippen molar-refractivity contribution >= 4 is 5.91 Å². The van der Waals surface area contributed by atoms with E-state index in [0.717, 1.165) is 10.6 Å². The molecule has 3 rings (SSSR count). The maximum Gasteiger partial charge on any atom is 0.406 e. The molecular weight excluding hydrogens is 311 g/mol. The molecule has 0 spiro atoms. The number of nitrogens with zero attached hydrogens (tertiary/aromatic N) is 3. The number of carbonyl (C=O) groups is 1. The van der Waals surface area contributed by atoms with Crippen LogP contribution in [-0.4, -0.2) is 65.3 Å². The molecule has 2 atom stereocenters. The number of ether oxygens (including phenoxy) is 1. The molecule has 2 aliphatic heterocycles. The van der Waals surface area contributed by atoms with Crippen molar-refractivity contribution < 1.29 is 22.7 Å². The lowest BCUT2D eigenvalue weighted by Gasteiger charge is -2.39. The fourth-order valence-electron chi connectivity index (χ4n) is 3.47. The second kappa shape index (κ2) is 6.16. The highest BCUT2D eigenvalue weighted by molar-refractivity contribution is 5.84. The molecule has 0 aliphatic carbocycles. The lowest BCUT2D eigenvalue weighted by Crippen LogP contribution is -2.50. The van der Waals surface area contributed by atoms with Crippen LogP contribution in [0.25, 0.3) is 0 Å². The third-order valence-electron chi connectivity index (χ3n) is 4.53. The largest absolute Gasteiger partial charge is 0.406 e. The summed E-state index contributed by atoms with van der Waals surface area (Å²) in [5, 5.41) is 0. The molecule has 1 amide bonds. The molecule has 0 unspecified atom stereocenters. The Morgan fingerprint density at radius 3 is 2.74 bits per heavy atom. The molecule has 3 heterocycles. The molecule has 1 aromatic heterocycles. The number of halogens is 3. The molecule has 5 nitrogen and oxygen atoms in total. The standard InChI is InChI=1S/C15H20F3N3O2/c1-19-5-2-3-11(19)13-9-23-8-7-21(13)12-4-6-20(14(12)22)10-15(16,17)18/h2-3,5,12-13H,4,6-10H2,1H3/t12-,13-/m1/s1. The van der Waals surface area contributed by atoms with Gasteiger partial charge in [-0.2, -0.15) is 13.2 Å². The molecule has 0 N–H and O–H groups in total. The van der Waals surface area contributed by atoms with Gasteiger partial charge in [0.1, 0.15) is 6.54 Å². The van der Waals surface area contributed by atoms with E-state index in [2.05, 4.69) is 0 Å². The van der Waals surface area contributed by atoms with Gasteiger partial charge in [-0.3, -0.25) is 9.69 Å². The number of aromatic nitrogens is 1. The molecule has 2 saturated heterocycles. The van der Waals surface area contributed by atoms with Crippen LogP contribution in [0.4, 0.5) is 13.2 Å². The van der Waals surface area contributed by atoms with E-state index in [9.17, 15) is 18.0 Å². The smallest absolute Gasteiger partial charge is 0.378 e. The van der Waals surface area contributed by atoms with Crippen LogP contribution < -0.4 is 0 Å². The highest BCUT2D eigenvalue weighted by Gasteiger charge is 2.44. The first-order chi connectivity index (χ1) is 10.9. The molecule has 128 valence electrons. The topological polar surface area (TPSA) is 37.7 Å². The normalized spacial score (nSPS) is 27.0. The Morgan fingerprint density at radius 1 is 1.30 bits per heavy atom. The highest BCUT2D eigenvalue weighted by atomic mass is 19.4. The molecule has 0 radical (unpaired) electrons. The van der Waals surface area contributed by atoms with Gasteiger partial charge >= 0.3 is 6.18 Å². The molecule has 1 aromatic rings. The molecular formula is C15H20F3N3O2. The summed E-state index contributed by atoms with van der Waals surface area (Å²) >= 11 is 0. The third kappa shape index (κ3) is 3.37. The molecule has 23 heavy (non-hydrogen) atoms. The number of aryl methyl sites for hydroxylation is 1. The van der Waals surface area contributed by atoms with Gasteiger partial charge < -0.3 is 14.2 Å². The Kier molecular flexibility index (Phi) is 4.37. The summed E-state index contributed by atoms with van der Waals surface area (Å²) in [4.78, 5) is 15.3. The van der Waals surface area contributed by atoms with Crippen molar-refractivity contribution in [1.82, 2.24) is 14.4 Å². The van der Waals surface area contributed by atoms with Crippen LogP contribution >= 0.6 is 0 Å². The fraction of sp³-hybridized carbons (Fsp3) is 0.667. The van der Waals surface area contributed by atoms with Gasteiger partial charge in [0.2, 0.25) is 5.91 Å². The fourth-order valence-corrected chi connectivity index (χ4v) is 3.47. The van der Waals surface area contributed by atoms with Crippen LogP contribution in [0.1, 0.15) is 18.2 Å². The SMILES string of the molecule is Cn1cccc1[C@H]1COCCN1[C@@H]1CCN(CC(F)(F)F)C1=O. The van der Waals surface area contributed by atoms with Crippen LogP contribution in [0.5, 0.6) is 0 Å². The molecule has 2 aliphatic rings. The lowest BCUT2D eigenvalue weighted by molar-refractivity contribution is -0.160. The van der Waals surface area contributed by atoms with E-state index in [1.807, 2.05) is 34.8 Å². The summed E-state index contributed by atoms with van der Waals surface area (Å²) < 4.78 is 45.2. The van der Waals surface area contributed by atoms with Crippen molar-refractivity contribution in [2.45, 2.75) is 24.7 Å². The zero-order valence-electron chi connectivity index (χ0n) is 12.9. The van der Waals surface area contributed by atoms with Crippen molar-refractivity contribution in [3.63, 3.8) is 0 Å². The summed E-state index contributed by atoms with van der Waals surface area (Å²) in [7, 11) is 1.91. The van der Waals surface area contributed by atoms with E-state index >= 15 is 0 Å². The number of hydrogen-bond acceptors (Lipinski definition) is 3. The van der Waals surface area contributed by atoms with Crippen LogP contribution in [-0.2, 0) is 16.6 Å². The maximum absolute atomic E-state index is 12.6. The van der Waals surface area contributed by atoms with Crippen molar-refractivity contribution in [1.29, 1.82) is 0 Å². The van der Waals surface area contributed by atoms with Gasteiger partial charge in [-0.15, -0.1) is 0 Å². The van der Waals surface area contributed by atoms with Gasteiger partial charge in [-0.25, -0.2) is 0 Å². The lowest BCUT2D eigenvalue weighted by atomic mass is 10.1. The third-order valence-corrected chi connectivity index (χ3v) is 4.53. The summed E-state index contributed by atoms with van der Waals surface area (Å²) in [5.41, 5.74) is 1.01. The van der Waals surface area contributed by atoms with E-state index in [-0.39, 0.29) is 12.6 Å². The number of morpholine rings is 1. The predicted molar refractivity (Wildman–Crippen MR) is 76.7 cm³/mol. The molecule has 2 fully saturated rings. The number of alkyl halides is 3. The summed E-state index contributed by atoms with van der Waals surface area (Å²) in [5.74, 6) is -0.427. The first-order valence-electron chi connectivity index (χ1n) is 7.67. The first-order valence-corrected chi connectivity index (χ1v) is 7.67. The van der Waals surface area contributed by atoms with Gasteiger partial charge in [-0.1, -0.05) is 0 Å². The number of rotatable bonds is 3. The monoisotopic (exact) mass is 331 g/mol. The average molecular weight is 331 g/mol. The second-order valence-electron chi connectivity index (χ2n) is 6.05. The molecule has 0 aromatic carbocycles. The Bertz CT molecular complexity index is 573. The summed E-state index contributed by atoms with van der Waals surface area (Å²) in [6.45, 7) is 0.471. The van der Waals surface area contributed by atoms with Gasteiger partial charge in [0.15, 0.2) is 0 Å². The number of carbonyl (C=O) groups excluding carboxylic acids is 1. The van der Waals surface area contributed by atoms with Crippen LogP contribution in [0.3, 0.4) is 0 Å². The van der Waals surface area contributed by atoms with Crippen molar-refractivity contribution in [2.75, 3.05) is 32.8 Å². The van der Waals surface area contributed by atoms with Crippen LogP contribution in [0.15, 0.2) is 18.3 Å². The highest BCUT2D eigenvalue weighted by Crippen LogP contribution is 2.31. The Balaban J connectivity index is 1.77. The van der Waals surface area contributed by atoms with Crippen LogP contribution in [0.2, 0.25) is 0 Å². The Hall–Kier alpha value is -1.54. The number of hydrogen-bond donors (Lipinski definition) is 0. The molecule has 0 saturated carbocycles. The predicted octanol–water partition coefficient (Wildman–Crippen LogP) is 1.56. The second-order valence-corrected chi connectivity index (χ2v) is 6.05.